The molecule has 3 amide bonds. The monoisotopic (exact) mass is 509 g/mol. The molecule has 0 aliphatic carbocycles. The minimum atomic E-state index is -4.58. The number of alkyl halides is 3. The van der Waals surface area contributed by atoms with Crippen molar-refractivity contribution in [3.63, 3.8) is 0 Å². The number of hydrogen-bond acceptors (Lipinski definition) is 7. The smallest absolute Gasteiger partial charge is 0.416 e. The largest absolute Gasteiger partial charge is 0.496 e. The first-order valence-corrected chi connectivity index (χ1v) is 10.5. The van der Waals surface area contributed by atoms with E-state index in [0.29, 0.717) is 0 Å². The summed E-state index contributed by atoms with van der Waals surface area (Å²) in [5.74, 6) is -3.56. The van der Waals surface area contributed by atoms with Crippen LogP contribution in [0.3, 0.4) is 0 Å². The Morgan fingerprint density at radius 2 is 1.69 bits per heavy atom. The number of hydrazine groups is 1. The van der Waals surface area contributed by atoms with Crippen molar-refractivity contribution in [1.82, 2.24) is 10.4 Å². The average molecular weight is 509 g/mol. The van der Waals surface area contributed by atoms with E-state index in [2.05, 4.69) is 10.7 Å². The minimum Gasteiger partial charge on any atom is -0.496 e. The van der Waals surface area contributed by atoms with Crippen molar-refractivity contribution in [3.05, 3.63) is 53.6 Å². The highest BCUT2D eigenvalue weighted by atomic mass is 19.4. The second-order valence-electron chi connectivity index (χ2n) is 7.62. The zero-order valence-corrected chi connectivity index (χ0v) is 19.2. The fourth-order valence-electron chi connectivity index (χ4n) is 3.45. The van der Waals surface area contributed by atoms with Crippen molar-refractivity contribution < 1.29 is 46.6 Å². The Balaban J connectivity index is 1.55. The van der Waals surface area contributed by atoms with Gasteiger partial charge in [-0.25, -0.2) is 0 Å². The topological polar surface area (TPSA) is 123 Å². The molecule has 0 unspecified atom stereocenters. The van der Waals surface area contributed by atoms with Crippen molar-refractivity contribution in [2.75, 3.05) is 32.7 Å². The number of hydrogen-bond donors (Lipinski definition) is 2. The molecule has 10 nitrogen and oxygen atoms in total. The van der Waals surface area contributed by atoms with Crippen LogP contribution in [0, 0.1) is 5.92 Å². The van der Waals surface area contributed by atoms with E-state index >= 15 is 0 Å². The van der Waals surface area contributed by atoms with Gasteiger partial charge in [0.25, 0.3) is 11.8 Å². The van der Waals surface area contributed by atoms with E-state index in [1.165, 1.54) is 32.4 Å². The molecule has 0 radical (unpaired) electrons. The first kappa shape index (κ1) is 26.3. The number of esters is 1. The molecule has 0 aromatic heterocycles. The Hall–Kier alpha value is -4.29. The van der Waals surface area contributed by atoms with Gasteiger partial charge in [-0.3, -0.25) is 29.6 Å². The lowest BCUT2D eigenvalue weighted by atomic mass is 10.1. The number of amides is 3. The van der Waals surface area contributed by atoms with Crippen LogP contribution in [0.5, 0.6) is 11.5 Å². The Morgan fingerprint density at radius 3 is 2.31 bits per heavy atom. The summed E-state index contributed by atoms with van der Waals surface area (Å²) in [4.78, 5) is 49.4. The van der Waals surface area contributed by atoms with E-state index < -0.39 is 48.0 Å². The molecule has 0 saturated carbocycles. The maximum Gasteiger partial charge on any atom is 0.416 e. The molecule has 1 aliphatic rings. The number of rotatable bonds is 8. The Kier molecular flexibility index (Phi) is 8.02. The molecular weight excluding hydrogens is 487 g/mol. The quantitative estimate of drug-likeness (QED) is 0.524. The molecule has 1 saturated heterocycles. The molecule has 36 heavy (non-hydrogen) atoms. The van der Waals surface area contributed by atoms with Gasteiger partial charge in [-0.2, -0.15) is 13.2 Å². The lowest BCUT2D eigenvalue weighted by Gasteiger charge is -2.19. The van der Waals surface area contributed by atoms with Crippen molar-refractivity contribution in [2.24, 2.45) is 5.92 Å². The standard InChI is InChI=1S/C23H22F3N3O7/c1-34-16-7-4-8-17(35-2)20(16)21(32)28-29-11-13(9-19(29)31)22(33)36-12-18(30)27-15-6-3-5-14(10-15)23(24,25)26/h3-8,10,13H,9,11-12H2,1-2H3,(H,27,30)(H,28,32)/t13-/m1/s1. The second-order valence-corrected chi connectivity index (χ2v) is 7.62. The maximum atomic E-state index is 12.8. The number of ether oxygens (including phenoxy) is 3. The summed E-state index contributed by atoms with van der Waals surface area (Å²) in [7, 11) is 2.73. The number of nitrogens with zero attached hydrogens (tertiary/aromatic N) is 1. The van der Waals surface area contributed by atoms with E-state index in [1.54, 1.807) is 6.07 Å². The SMILES string of the molecule is COc1cccc(OC)c1C(=O)NN1C[C@H](C(=O)OCC(=O)Nc2cccc(C(F)(F)F)c2)CC1=O. The molecule has 3 rings (SSSR count). The van der Waals surface area contributed by atoms with Crippen LogP contribution in [0.15, 0.2) is 42.5 Å². The third-order valence-corrected chi connectivity index (χ3v) is 5.17. The number of anilines is 1. The van der Waals surface area contributed by atoms with Crippen molar-refractivity contribution in [2.45, 2.75) is 12.6 Å². The van der Waals surface area contributed by atoms with Gasteiger partial charge in [0, 0.05) is 12.1 Å². The summed E-state index contributed by atoms with van der Waals surface area (Å²) in [5.41, 5.74) is 1.38. The van der Waals surface area contributed by atoms with Gasteiger partial charge in [-0.05, 0) is 30.3 Å². The van der Waals surface area contributed by atoms with Crippen LogP contribution >= 0.6 is 0 Å². The van der Waals surface area contributed by atoms with Gasteiger partial charge in [0.05, 0.1) is 32.2 Å². The third-order valence-electron chi connectivity index (χ3n) is 5.17. The molecule has 0 spiro atoms. The Bertz CT molecular complexity index is 1150. The van der Waals surface area contributed by atoms with Crippen molar-refractivity contribution in [1.29, 1.82) is 0 Å². The van der Waals surface area contributed by atoms with E-state index in [-0.39, 0.29) is 35.7 Å². The zero-order valence-electron chi connectivity index (χ0n) is 19.2. The molecule has 1 fully saturated rings. The van der Waals surface area contributed by atoms with E-state index in [0.717, 1.165) is 23.2 Å². The molecule has 192 valence electrons. The molecule has 2 N–H and O–H groups in total. The number of methoxy groups -OCH3 is 2. The van der Waals surface area contributed by atoms with Gasteiger partial charge in [0.15, 0.2) is 6.61 Å². The molecule has 2 aromatic rings. The molecule has 1 aliphatic heterocycles. The van der Waals surface area contributed by atoms with Crippen LogP contribution < -0.4 is 20.2 Å². The zero-order chi connectivity index (χ0) is 26.5. The van der Waals surface area contributed by atoms with E-state index in [4.69, 9.17) is 14.2 Å². The fourth-order valence-corrected chi connectivity index (χ4v) is 3.45. The lowest BCUT2D eigenvalue weighted by Crippen LogP contribution is -2.43. The van der Waals surface area contributed by atoms with Gasteiger partial charge < -0.3 is 19.5 Å². The Labute approximate surface area is 203 Å². The molecular formula is C23H22F3N3O7. The summed E-state index contributed by atoms with van der Waals surface area (Å²) >= 11 is 0. The van der Waals surface area contributed by atoms with Gasteiger partial charge in [-0.1, -0.05) is 12.1 Å². The van der Waals surface area contributed by atoms with E-state index in [9.17, 15) is 32.3 Å². The summed E-state index contributed by atoms with van der Waals surface area (Å²) < 4.78 is 53.6. The number of carbonyl (C=O) groups excluding carboxylic acids is 4. The minimum absolute atomic E-state index is 0.0487. The number of carbonyl (C=O) groups is 4. The number of halogens is 3. The second kappa shape index (κ2) is 11.0. The number of nitrogens with one attached hydrogen (secondary N) is 2. The van der Waals surface area contributed by atoms with E-state index in [1.807, 2.05) is 0 Å². The molecule has 13 heteroatoms. The van der Waals surface area contributed by atoms with Crippen LogP contribution in [0.1, 0.15) is 22.3 Å². The Morgan fingerprint density at radius 1 is 1.06 bits per heavy atom. The molecule has 1 atom stereocenters. The van der Waals surface area contributed by atoms with Gasteiger partial charge in [-0.15, -0.1) is 0 Å². The predicted octanol–water partition coefficient (Wildman–Crippen LogP) is 2.40. The summed E-state index contributed by atoms with van der Waals surface area (Å²) in [5, 5.41) is 3.16. The summed E-state index contributed by atoms with van der Waals surface area (Å²) in [6.45, 7) is -0.985. The highest BCUT2D eigenvalue weighted by Crippen LogP contribution is 2.31. The van der Waals surface area contributed by atoms with Gasteiger partial charge in [0.1, 0.15) is 17.1 Å². The molecule has 2 aromatic carbocycles. The highest BCUT2D eigenvalue weighted by molar-refractivity contribution is 6.01. The van der Waals surface area contributed by atoms with Gasteiger partial charge in [0.2, 0.25) is 5.91 Å². The lowest BCUT2D eigenvalue weighted by molar-refractivity contribution is -0.151. The fraction of sp³-hybridized carbons (Fsp3) is 0.304. The first-order chi connectivity index (χ1) is 17.0. The van der Waals surface area contributed by atoms with Crippen molar-refractivity contribution in [3.8, 4) is 11.5 Å². The predicted molar refractivity (Wildman–Crippen MR) is 118 cm³/mol. The average Bonchev–Trinajstić information content (AvgIpc) is 3.21. The van der Waals surface area contributed by atoms with Crippen LogP contribution in [-0.2, 0) is 25.3 Å². The van der Waals surface area contributed by atoms with Gasteiger partial charge >= 0.3 is 12.1 Å². The van der Waals surface area contributed by atoms with Crippen LogP contribution in [0.25, 0.3) is 0 Å². The van der Waals surface area contributed by atoms with Crippen molar-refractivity contribution >= 4 is 29.4 Å². The highest BCUT2D eigenvalue weighted by Gasteiger charge is 2.37. The number of benzene rings is 2. The summed E-state index contributed by atoms with van der Waals surface area (Å²) in [6.07, 6.45) is -4.86. The first-order valence-electron chi connectivity index (χ1n) is 10.5. The normalized spacial score (nSPS) is 15.3. The molecule has 1 heterocycles. The van der Waals surface area contributed by atoms with Crippen LogP contribution in [0.4, 0.5) is 18.9 Å². The van der Waals surface area contributed by atoms with Crippen LogP contribution in [-0.4, -0.2) is 56.1 Å². The maximum absolute atomic E-state index is 12.8. The third kappa shape index (κ3) is 6.23. The molecule has 0 bridgehead atoms. The summed E-state index contributed by atoms with van der Waals surface area (Å²) in [6, 6.07) is 8.65. The van der Waals surface area contributed by atoms with Crippen LogP contribution in [0.2, 0.25) is 0 Å².